The Bertz CT molecular complexity index is 430. The second-order valence-electron chi connectivity index (χ2n) is 4.38. The van der Waals surface area contributed by atoms with Gasteiger partial charge in [0, 0.05) is 13.1 Å². The Morgan fingerprint density at radius 2 is 2.40 bits per heavy atom. The Labute approximate surface area is 88.1 Å². The summed E-state index contributed by atoms with van der Waals surface area (Å²) < 4.78 is 1.84. The SMILES string of the molecule is N#Cc1cnn(C2CN3CC[C@H]2C3)c1N. The van der Waals surface area contributed by atoms with Crippen LogP contribution in [0.3, 0.4) is 0 Å². The standard InChI is InChI=1S/C10H13N5/c11-3-8-4-13-15(10(8)12)9-6-14-2-1-7(9)5-14/h4,7,9H,1-2,5-6,12H2/t7-,9?/m0/s1. The van der Waals surface area contributed by atoms with Gasteiger partial charge in [-0.05, 0) is 18.9 Å². The van der Waals surface area contributed by atoms with Crippen molar-refractivity contribution in [2.45, 2.75) is 12.5 Å². The maximum Gasteiger partial charge on any atom is 0.140 e. The van der Waals surface area contributed by atoms with Gasteiger partial charge in [0.15, 0.2) is 0 Å². The molecule has 2 aliphatic heterocycles. The fraction of sp³-hybridized carbons (Fsp3) is 0.600. The molecular weight excluding hydrogens is 190 g/mol. The highest BCUT2D eigenvalue weighted by Gasteiger charge is 2.40. The molecule has 2 aliphatic rings. The number of aromatic nitrogens is 2. The van der Waals surface area contributed by atoms with Crippen LogP contribution in [0.2, 0.25) is 0 Å². The van der Waals surface area contributed by atoms with Gasteiger partial charge in [-0.3, -0.25) is 0 Å². The van der Waals surface area contributed by atoms with Crippen LogP contribution in [0.25, 0.3) is 0 Å². The van der Waals surface area contributed by atoms with Crippen LogP contribution in [0.15, 0.2) is 6.20 Å². The van der Waals surface area contributed by atoms with Gasteiger partial charge in [-0.25, -0.2) is 4.68 Å². The summed E-state index contributed by atoms with van der Waals surface area (Å²) >= 11 is 0. The molecule has 0 aliphatic carbocycles. The summed E-state index contributed by atoms with van der Waals surface area (Å²) in [6.45, 7) is 3.39. The predicted molar refractivity (Wildman–Crippen MR) is 54.9 cm³/mol. The third kappa shape index (κ3) is 1.15. The number of hydrogen-bond donors (Lipinski definition) is 1. The Morgan fingerprint density at radius 1 is 1.53 bits per heavy atom. The molecule has 5 nitrogen and oxygen atoms in total. The third-order valence-corrected chi connectivity index (χ3v) is 3.57. The Hall–Kier alpha value is -1.54. The molecule has 1 aromatic heterocycles. The van der Waals surface area contributed by atoms with Crippen molar-refractivity contribution in [1.29, 1.82) is 5.26 Å². The molecule has 0 spiro atoms. The Morgan fingerprint density at radius 3 is 2.93 bits per heavy atom. The molecule has 2 N–H and O–H groups in total. The first-order chi connectivity index (χ1) is 7.29. The lowest BCUT2D eigenvalue weighted by Crippen LogP contribution is -2.27. The predicted octanol–water partition coefficient (Wildman–Crippen LogP) is 0.214. The van der Waals surface area contributed by atoms with E-state index in [0.29, 0.717) is 23.3 Å². The maximum atomic E-state index is 8.81. The first kappa shape index (κ1) is 8.74. The van der Waals surface area contributed by atoms with Gasteiger partial charge in [-0.1, -0.05) is 0 Å². The first-order valence-electron chi connectivity index (χ1n) is 5.25. The van der Waals surface area contributed by atoms with Gasteiger partial charge in [0.1, 0.15) is 17.5 Å². The summed E-state index contributed by atoms with van der Waals surface area (Å²) in [7, 11) is 0. The van der Waals surface area contributed by atoms with Crippen LogP contribution in [-0.4, -0.2) is 34.3 Å². The van der Waals surface area contributed by atoms with E-state index in [9.17, 15) is 0 Å². The van der Waals surface area contributed by atoms with E-state index in [4.69, 9.17) is 11.0 Å². The lowest BCUT2D eigenvalue weighted by Gasteiger charge is -2.23. The van der Waals surface area contributed by atoms with Crippen molar-refractivity contribution < 1.29 is 0 Å². The molecule has 3 atom stereocenters. The molecule has 0 radical (unpaired) electrons. The van der Waals surface area contributed by atoms with Gasteiger partial charge in [-0.2, -0.15) is 10.4 Å². The lowest BCUT2D eigenvalue weighted by molar-refractivity contribution is 0.288. The molecule has 2 unspecified atom stereocenters. The van der Waals surface area contributed by atoms with Gasteiger partial charge in [0.25, 0.3) is 0 Å². The number of anilines is 1. The fourth-order valence-electron chi connectivity index (χ4n) is 2.76. The molecule has 2 fully saturated rings. The minimum Gasteiger partial charge on any atom is -0.383 e. The molecule has 3 heterocycles. The second kappa shape index (κ2) is 2.97. The van der Waals surface area contributed by atoms with Crippen LogP contribution in [0.4, 0.5) is 5.82 Å². The van der Waals surface area contributed by atoms with Crippen LogP contribution < -0.4 is 5.73 Å². The van der Waals surface area contributed by atoms with Crippen molar-refractivity contribution in [3.63, 3.8) is 0 Å². The maximum absolute atomic E-state index is 8.81. The molecule has 3 rings (SSSR count). The van der Waals surface area contributed by atoms with E-state index >= 15 is 0 Å². The number of fused-ring (bicyclic) bond motifs is 2. The van der Waals surface area contributed by atoms with Gasteiger partial charge in [0.05, 0.1) is 12.2 Å². The smallest absolute Gasteiger partial charge is 0.140 e. The van der Waals surface area contributed by atoms with Crippen molar-refractivity contribution in [3.05, 3.63) is 11.8 Å². The van der Waals surface area contributed by atoms with E-state index < -0.39 is 0 Å². The summed E-state index contributed by atoms with van der Waals surface area (Å²) in [5.74, 6) is 1.19. The average molecular weight is 203 g/mol. The van der Waals surface area contributed by atoms with E-state index in [2.05, 4.69) is 16.1 Å². The summed E-state index contributed by atoms with van der Waals surface area (Å²) in [6.07, 6.45) is 2.79. The van der Waals surface area contributed by atoms with Gasteiger partial charge < -0.3 is 10.6 Å². The highest BCUT2D eigenvalue weighted by molar-refractivity contribution is 5.47. The van der Waals surface area contributed by atoms with Gasteiger partial charge in [0.2, 0.25) is 0 Å². The molecule has 0 amide bonds. The summed E-state index contributed by atoms with van der Waals surface area (Å²) in [6, 6.07) is 2.44. The number of piperidine rings is 1. The van der Waals surface area contributed by atoms with E-state index in [-0.39, 0.29) is 0 Å². The van der Waals surface area contributed by atoms with Gasteiger partial charge in [-0.15, -0.1) is 0 Å². The summed E-state index contributed by atoms with van der Waals surface area (Å²) in [5.41, 5.74) is 6.38. The minimum absolute atomic E-state index is 0.376. The van der Waals surface area contributed by atoms with Crippen LogP contribution >= 0.6 is 0 Å². The van der Waals surface area contributed by atoms with Crippen LogP contribution in [0.1, 0.15) is 18.0 Å². The number of rotatable bonds is 1. The highest BCUT2D eigenvalue weighted by Crippen LogP contribution is 2.37. The summed E-state index contributed by atoms with van der Waals surface area (Å²) in [5, 5.41) is 13.0. The van der Waals surface area contributed by atoms with E-state index in [1.165, 1.54) is 13.0 Å². The number of nitrogens with zero attached hydrogens (tertiary/aromatic N) is 4. The van der Waals surface area contributed by atoms with Crippen molar-refractivity contribution in [2.24, 2.45) is 5.92 Å². The van der Waals surface area contributed by atoms with Crippen molar-refractivity contribution in [2.75, 3.05) is 25.4 Å². The molecule has 2 saturated heterocycles. The van der Waals surface area contributed by atoms with Crippen molar-refractivity contribution >= 4 is 5.82 Å². The first-order valence-corrected chi connectivity index (χ1v) is 5.25. The summed E-state index contributed by atoms with van der Waals surface area (Å²) in [4.78, 5) is 2.43. The highest BCUT2D eigenvalue weighted by atomic mass is 15.4. The molecule has 0 aromatic carbocycles. The van der Waals surface area contributed by atoms with Crippen LogP contribution in [0.5, 0.6) is 0 Å². The van der Waals surface area contributed by atoms with E-state index in [0.717, 1.165) is 13.1 Å². The molecule has 5 heteroatoms. The average Bonchev–Trinajstić information content (AvgIpc) is 2.91. The monoisotopic (exact) mass is 203 g/mol. The van der Waals surface area contributed by atoms with E-state index in [1.807, 2.05) is 4.68 Å². The Balaban J connectivity index is 1.94. The fourth-order valence-corrected chi connectivity index (χ4v) is 2.76. The van der Waals surface area contributed by atoms with Crippen molar-refractivity contribution in [1.82, 2.24) is 14.7 Å². The number of nitrogen functional groups attached to an aromatic ring is 1. The van der Waals surface area contributed by atoms with Crippen molar-refractivity contribution in [3.8, 4) is 6.07 Å². The molecular formula is C10H13N5. The van der Waals surface area contributed by atoms with Crippen LogP contribution in [-0.2, 0) is 0 Å². The quantitative estimate of drug-likeness (QED) is 0.708. The van der Waals surface area contributed by atoms with Gasteiger partial charge >= 0.3 is 0 Å². The van der Waals surface area contributed by atoms with E-state index in [1.54, 1.807) is 6.20 Å². The molecule has 0 saturated carbocycles. The number of nitrogens with two attached hydrogens (primary N) is 1. The zero-order valence-electron chi connectivity index (χ0n) is 8.43. The van der Waals surface area contributed by atoms with Crippen LogP contribution in [0, 0.1) is 17.2 Å². The molecule has 1 aromatic rings. The topological polar surface area (TPSA) is 70.9 Å². The minimum atomic E-state index is 0.376. The molecule has 2 bridgehead atoms. The number of hydrogen-bond acceptors (Lipinski definition) is 4. The second-order valence-corrected chi connectivity index (χ2v) is 4.38. The zero-order valence-corrected chi connectivity index (χ0v) is 8.43. The Kier molecular flexibility index (Phi) is 1.73. The third-order valence-electron chi connectivity index (χ3n) is 3.57. The molecule has 15 heavy (non-hydrogen) atoms. The normalized spacial score (nSPS) is 33.1. The lowest BCUT2D eigenvalue weighted by atomic mass is 10.0. The largest absolute Gasteiger partial charge is 0.383 e. The number of nitriles is 1. The zero-order chi connectivity index (χ0) is 10.4. The molecule has 78 valence electrons.